The Bertz CT molecular complexity index is 226. The van der Waals surface area contributed by atoms with Crippen LogP contribution in [0.25, 0.3) is 0 Å². The Labute approximate surface area is 115 Å². The van der Waals surface area contributed by atoms with Gasteiger partial charge in [0, 0.05) is 12.8 Å². The van der Waals surface area contributed by atoms with E-state index in [0.29, 0.717) is 0 Å². The summed E-state index contributed by atoms with van der Waals surface area (Å²) in [6.45, 7) is 6.09. The normalized spacial score (nSPS) is 10.6. The molecule has 0 amide bonds. The molecule has 0 saturated carbocycles. The molecule has 1 radical (unpaired) electrons. The predicted octanol–water partition coefficient (Wildman–Crippen LogP) is 6.08. The highest BCUT2D eigenvalue weighted by molar-refractivity contribution is 5.04. The van der Waals surface area contributed by atoms with Crippen molar-refractivity contribution >= 4 is 0 Å². The van der Waals surface area contributed by atoms with Crippen molar-refractivity contribution < 1.29 is 0 Å². The number of hydrogen-bond acceptors (Lipinski definition) is 0. The third kappa shape index (κ3) is 15.3. The summed E-state index contributed by atoms with van der Waals surface area (Å²) in [6, 6.07) is 0. The van der Waals surface area contributed by atoms with Crippen LogP contribution in [0.3, 0.4) is 0 Å². The second-order valence-electron chi connectivity index (χ2n) is 4.90. The third-order valence-corrected chi connectivity index (χ3v) is 3.04. The van der Waals surface area contributed by atoms with Gasteiger partial charge in [-0.15, -0.1) is 5.92 Å². The van der Waals surface area contributed by atoms with Crippen LogP contribution in [-0.4, -0.2) is 0 Å². The summed E-state index contributed by atoms with van der Waals surface area (Å²) < 4.78 is 0. The van der Waals surface area contributed by atoms with Crippen molar-refractivity contribution in [3.8, 4) is 11.8 Å². The molecular weight excluding hydrogens is 216 g/mol. The molecule has 0 atom stereocenters. The molecule has 0 saturated heterocycles. The van der Waals surface area contributed by atoms with Gasteiger partial charge in [0.25, 0.3) is 0 Å². The van der Waals surface area contributed by atoms with Gasteiger partial charge in [0.2, 0.25) is 0 Å². The van der Waals surface area contributed by atoms with E-state index in [-0.39, 0.29) is 0 Å². The minimum Gasteiger partial charge on any atom is -0.103 e. The minimum absolute atomic E-state index is 0.938. The third-order valence-electron chi connectivity index (χ3n) is 3.04. The zero-order chi connectivity index (χ0) is 13.3. The van der Waals surface area contributed by atoms with Gasteiger partial charge in [-0.2, -0.15) is 0 Å². The highest BCUT2D eigenvalue weighted by Crippen LogP contribution is 2.07. The molecule has 0 nitrogen and oxygen atoms in total. The van der Waals surface area contributed by atoms with Gasteiger partial charge in [0.05, 0.1) is 0 Å². The van der Waals surface area contributed by atoms with Crippen LogP contribution < -0.4 is 0 Å². The Balaban J connectivity index is 3.17. The monoisotopic (exact) mass is 247 g/mol. The number of rotatable bonds is 11. The molecule has 0 unspecified atom stereocenters. The molecule has 18 heavy (non-hydrogen) atoms. The van der Waals surface area contributed by atoms with Gasteiger partial charge in [-0.3, -0.25) is 0 Å². The molecule has 0 aliphatic rings. The van der Waals surface area contributed by atoms with Crippen molar-refractivity contribution in [2.75, 3.05) is 0 Å². The van der Waals surface area contributed by atoms with Crippen LogP contribution in [0.2, 0.25) is 0 Å². The van der Waals surface area contributed by atoms with Gasteiger partial charge in [-0.1, -0.05) is 76.9 Å². The molecule has 0 aliphatic heterocycles. The topological polar surface area (TPSA) is 0 Å². The Morgan fingerprint density at radius 2 is 1.61 bits per heavy atom. The van der Waals surface area contributed by atoms with E-state index in [2.05, 4.69) is 37.8 Å². The first-order valence-corrected chi connectivity index (χ1v) is 7.81. The maximum absolute atomic E-state index is 3.86. The number of unbranched alkanes of at least 4 members (excludes halogenated alkanes) is 9. The summed E-state index contributed by atoms with van der Waals surface area (Å²) in [5.74, 6) is 6.46. The Morgan fingerprint density at radius 3 is 2.39 bits per heavy atom. The summed E-state index contributed by atoms with van der Waals surface area (Å²) >= 11 is 0. The molecular formula is C18H31. The Morgan fingerprint density at radius 1 is 0.833 bits per heavy atom. The quantitative estimate of drug-likeness (QED) is 0.236. The molecule has 0 aromatic rings. The van der Waals surface area contributed by atoms with Crippen LogP contribution in [0.5, 0.6) is 0 Å². The fourth-order valence-electron chi connectivity index (χ4n) is 1.85. The van der Waals surface area contributed by atoms with Crippen molar-refractivity contribution in [2.24, 2.45) is 0 Å². The first-order chi connectivity index (χ1) is 8.91. The molecule has 0 N–H and O–H groups in total. The van der Waals surface area contributed by atoms with Crippen LogP contribution in [0.1, 0.15) is 84.0 Å². The van der Waals surface area contributed by atoms with E-state index in [4.69, 9.17) is 0 Å². The van der Waals surface area contributed by atoms with Crippen molar-refractivity contribution in [3.63, 3.8) is 0 Å². The van der Waals surface area contributed by atoms with Gasteiger partial charge >= 0.3 is 0 Å². The first kappa shape index (κ1) is 17.3. The van der Waals surface area contributed by atoms with Crippen LogP contribution in [0, 0.1) is 18.8 Å². The highest BCUT2D eigenvalue weighted by Gasteiger charge is 1.87. The van der Waals surface area contributed by atoms with Crippen LogP contribution in [0.4, 0.5) is 0 Å². The lowest BCUT2D eigenvalue weighted by Gasteiger charge is -1.97. The lowest BCUT2D eigenvalue weighted by atomic mass is 10.1. The summed E-state index contributed by atoms with van der Waals surface area (Å²) in [5, 5.41) is 0. The van der Waals surface area contributed by atoms with E-state index in [1.54, 1.807) is 0 Å². The summed E-state index contributed by atoms with van der Waals surface area (Å²) in [6.07, 6.45) is 19.5. The van der Waals surface area contributed by atoms with Crippen molar-refractivity contribution in [2.45, 2.75) is 84.0 Å². The van der Waals surface area contributed by atoms with E-state index in [0.717, 1.165) is 19.3 Å². The minimum atomic E-state index is 0.938. The van der Waals surface area contributed by atoms with Crippen molar-refractivity contribution in [1.82, 2.24) is 0 Å². The van der Waals surface area contributed by atoms with E-state index in [1.807, 2.05) is 0 Å². The Hall–Kier alpha value is -0.700. The maximum Gasteiger partial charge on any atom is 0.0269 e. The maximum atomic E-state index is 3.86. The summed E-state index contributed by atoms with van der Waals surface area (Å²) in [5.41, 5.74) is 0. The number of hydrogen-bond donors (Lipinski definition) is 0. The average molecular weight is 247 g/mol. The van der Waals surface area contributed by atoms with Gasteiger partial charge in [0.15, 0.2) is 0 Å². The predicted molar refractivity (Wildman–Crippen MR) is 83.4 cm³/mol. The lowest BCUT2D eigenvalue weighted by Crippen LogP contribution is -1.77. The lowest BCUT2D eigenvalue weighted by molar-refractivity contribution is 0.621. The fraction of sp³-hybridized carbons (Fsp3) is 0.722. The van der Waals surface area contributed by atoms with Crippen molar-refractivity contribution in [1.29, 1.82) is 0 Å². The van der Waals surface area contributed by atoms with E-state index in [9.17, 15) is 0 Å². The average Bonchev–Trinajstić information content (AvgIpc) is 2.39. The van der Waals surface area contributed by atoms with Gasteiger partial charge in [0.1, 0.15) is 0 Å². The van der Waals surface area contributed by atoms with E-state index >= 15 is 0 Å². The molecule has 0 spiro atoms. The van der Waals surface area contributed by atoms with Gasteiger partial charge in [-0.05, 0) is 19.3 Å². The molecule has 0 bridgehead atoms. The SMILES string of the molecule is [CH2]CCCCCCCC=CCC#CCCCCC. The molecule has 0 rings (SSSR count). The standard InChI is InChI=1S/C18H31/c1-3-5-7-9-11-13-15-17-18-16-14-12-10-8-6-4-2/h17-18H,1,3-11,13,15-16H2,2H3. The largest absolute Gasteiger partial charge is 0.103 e. The van der Waals surface area contributed by atoms with Crippen LogP contribution in [0.15, 0.2) is 12.2 Å². The van der Waals surface area contributed by atoms with E-state index in [1.165, 1.54) is 57.8 Å². The molecule has 0 aliphatic carbocycles. The first-order valence-electron chi connectivity index (χ1n) is 7.81. The zero-order valence-electron chi connectivity index (χ0n) is 12.3. The molecule has 0 aromatic heterocycles. The summed E-state index contributed by atoms with van der Waals surface area (Å²) in [4.78, 5) is 0. The molecule has 103 valence electrons. The fourth-order valence-corrected chi connectivity index (χ4v) is 1.85. The molecule has 0 fully saturated rings. The van der Waals surface area contributed by atoms with Crippen LogP contribution in [-0.2, 0) is 0 Å². The summed E-state index contributed by atoms with van der Waals surface area (Å²) in [7, 11) is 0. The molecule has 0 aromatic carbocycles. The zero-order valence-corrected chi connectivity index (χ0v) is 12.3. The van der Waals surface area contributed by atoms with Gasteiger partial charge < -0.3 is 0 Å². The van der Waals surface area contributed by atoms with Gasteiger partial charge in [-0.25, -0.2) is 0 Å². The second-order valence-corrected chi connectivity index (χ2v) is 4.90. The molecule has 0 heteroatoms. The number of allylic oxidation sites excluding steroid dienone is 2. The second kappa shape index (κ2) is 16.3. The Kier molecular flexibility index (Phi) is 15.7. The smallest absolute Gasteiger partial charge is 0.0269 e. The van der Waals surface area contributed by atoms with Crippen LogP contribution >= 0.6 is 0 Å². The molecule has 0 heterocycles. The van der Waals surface area contributed by atoms with Crippen molar-refractivity contribution in [3.05, 3.63) is 19.1 Å². The highest BCUT2D eigenvalue weighted by atomic mass is 13.9. The van der Waals surface area contributed by atoms with E-state index < -0.39 is 0 Å².